The van der Waals surface area contributed by atoms with Crippen molar-refractivity contribution in [1.82, 2.24) is 4.90 Å². The number of carbonyl (C=O) groups is 1. The molecule has 1 aromatic heterocycles. The zero-order valence-electron chi connectivity index (χ0n) is 13.2. The summed E-state index contributed by atoms with van der Waals surface area (Å²) < 4.78 is 5.43. The van der Waals surface area contributed by atoms with Gasteiger partial charge in [0.1, 0.15) is 5.76 Å². The second-order valence-corrected chi connectivity index (χ2v) is 7.55. The number of halogens is 1. The molecule has 1 saturated heterocycles. The van der Waals surface area contributed by atoms with Crippen molar-refractivity contribution in [2.75, 3.05) is 12.3 Å². The number of rotatable bonds is 3. The van der Waals surface area contributed by atoms with Crippen molar-refractivity contribution in [1.29, 1.82) is 0 Å². The summed E-state index contributed by atoms with van der Waals surface area (Å²) in [4.78, 5) is 19.3. The summed E-state index contributed by atoms with van der Waals surface area (Å²) in [5.41, 5.74) is 1.76. The van der Waals surface area contributed by atoms with Gasteiger partial charge in [-0.15, -0.1) is 0 Å². The Bertz CT molecular complexity index is 803. The van der Waals surface area contributed by atoms with E-state index in [0.717, 1.165) is 34.4 Å². The number of nitrogens with zero attached hydrogens (tertiary/aromatic N) is 2. The molecule has 0 bridgehead atoms. The summed E-state index contributed by atoms with van der Waals surface area (Å²) in [5.74, 6) is 2.17. The zero-order valence-corrected chi connectivity index (χ0v) is 14.8. The maximum Gasteiger partial charge on any atom is 0.232 e. The first-order chi connectivity index (χ1) is 11.6. The number of furan rings is 1. The van der Waals surface area contributed by atoms with Gasteiger partial charge in [-0.25, -0.2) is 4.99 Å². The Kier molecular flexibility index (Phi) is 4.14. The largest absolute Gasteiger partial charge is 0.469 e. The lowest BCUT2D eigenvalue weighted by molar-refractivity contribution is -0.128. The molecule has 24 heavy (non-hydrogen) atoms. The fourth-order valence-corrected chi connectivity index (χ4v) is 4.13. The first-order valence-corrected chi connectivity index (χ1v) is 9.33. The summed E-state index contributed by atoms with van der Waals surface area (Å²) in [6.45, 7) is 2.66. The highest BCUT2D eigenvalue weighted by atomic mass is 35.5. The Morgan fingerprint density at radius 2 is 2.25 bits per heavy atom. The molecule has 2 fully saturated rings. The van der Waals surface area contributed by atoms with Crippen LogP contribution in [-0.4, -0.2) is 28.3 Å². The van der Waals surface area contributed by atoms with Crippen molar-refractivity contribution in [2.24, 2.45) is 10.9 Å². The quantitative estimate of drug-likeness (QED) is 0.803. The van der Waals surface area contributed by atoms with Crippen molar-refractivity contribution in [3.05, 3.63) is 52.9 Å². The fourth-order valence-electron chi connectivity index (χ4n) is 3.00. The molecule has 1 aromatic carbocycles. The summed E-state index contributed by atoms with van der Waals surface area (Å²) in [6, 6.07) is 9.48. The van der Waals surface area contributed by atoms with E-state index in [9.17, 15) is 4.79 Å². The van der Waals surface area contributed by atoms with Gasteiger partial charge < -0.3 is 4.42 Å². The molecule has 0 spiro atoms. The van der Waals surface area contributed by atoms with E-state index in [1.807, 2.05) is 42.2 Å². The van der Waals surface area contributed by atoms with Crippen molar-refractivity contribution in [3.8, 4) is 0 Å². The van der Waals surface area contributed by atoms with Gasteiger partial charge in [-0.05, 0) is 43.2 Å². The third-order valence-electron chi connectivity index (χ3n) is 4.51. The van der Waals surface area contributed by atoms with Gasteiger partial charge in [-0.3, -0.25) is 9.69 Å². The van der Waals surface area contributed by atoms with Gasteiger partial charge in [-0.2, -0.15) is 0 Å². The number of hydrogen-bond acceptors (Lipinski definition) is 4. The minimum atomic E-state index is 0.0144. The Morgan fingerprint density at radius 1 is 1.38 bits per heavy atom. The third kappa shape index (κ3) is 2.87. The van der Waals surface area contributed by atoms with Crippen LogP contribution in [-0.2, 0) is 4.79 Å². The molecule has 0 N–H and O–H groups in total. The Balaban J connectivity index is 1.54. The van der Waals surface area contributed by atoms with E-state index in [0.29, 0.717) is 11.6 Å². The minimum Gasteiger partial charge on any atom is -0.469 e. The Morgan fingerprint density at radius 3 is 3.04 bits per heavy atom. The minimum absolute atomic E-state index is 0.0144. The Hall–Kier alpha value is -1.72. The van der Waals surface area contributed by atoms with Crippen molar-refractivity contribution < 1.29 is 9.21 Å². The van der Waals surface area contributed by atoms with Gasteiger partial charge in [-0.1, -0.05) is 29.4 Å². The SMILES string of the molecule is Cc1c(Cl)cccc1N=C1SCCN1C(=O)C1CC1c1ccco1. The summed E-state index contributed by atoms with van der Waals surface area (Å²) >= 11 is 7.79. The van der Waals surface area contributed by atoms with Gasteiger partial charge in [0.2, 0.25) is 5.91 Å². The maximum atomic E-state index is 12.8. The molecule has 2 unspecified atom stereocenters. The molecule has 2 atom stereocenters. The molecule has 1 saturated carbocycles. The molecule has 1 amide bonds. The summed E-state index contributed by atoms with van der Waals surface area (Å²) in [7, 11) is 0. The van der Waals surface area contributed by atoms with E-state index in [1.165, 1.54) is 0 Å². The van der Waals surface area contributed by atoms with E-state index in [1.54, 1.807) is 18.0 Å². The monoisotopic (exact) mass is 360 g/mol. The maximum absolute atomic E-state index is 12.8. The number of benzene rings is 1. The van der Waals surface area contributed by atoms with Crippen LogP contribution in [0.1, 0.15) is 23.7 Å². The van der Waals surface area contributed by atoms with Crippen LogP contribution in [0, 0.1) is 12.8 Å². The molecule has 4 rings (SSSR count). The van der Waals surface area contributed by atoms with Crippen LogP contribution in [0.5, 0.6) is 0 Å². The highest BCUT2D eigenvalue weighted by molar-refractivity contribution is 8.14. The van der Waals surface area contributed by atoms with Gasteiger partial charge in [0, 0.05) is 29.2 Å². The zero-order chi connectivity index (χ0) is 16.7. The molecule has 1 aliphatic heterocycles. The van der Waals surface area contributed by atoms with E-state index in [2.05, 4.69) is 0 Å². The number of hydrogen-bond donors (Lipinski definition) is 0. The molecule has 1 aliphatic carbocycles. The average molecular weight is 361 g/mol. The van der Waals surface area contributed by atoms with Crippen LogP contribution in [0.4, 0.5) is 5.69 Å². The smallest absolute Gasteiger partial charge is 0.232 e. The normalized spacial score (nSPS) is 24.6. The first kappa shape index (κ1) is 15.8. The average Bonchev–Trinajstić information content (AvgIpc) is 2.99. The highest BCUT2D eigenvalue weighted by Gasteiger charge is 2.48. The predicted octanol–water partition coefficient (Wildman–Crippen LogP) is 4.61. The van der Waals surface area contributed by atoms with Gasteiger partial charge >= 0.3 is 0 Å². The van der Waals surface area contributed by atoms with Crippen LogP contribution in [0.2, 0.25) is 5.02 Å². The summed E-state index contributed by atoms with van der Waals surface area (Å²) in [6.07, 6.45) is 2.52. The third-order valence-corrected chi connectivity index (χ3v) is 5.88. The molecule has 4 nitrogen and oxygen atoms in total. The Labute approximate surface area is 149 Å². The van der Waals surface area contributed by atoms with Crippen molar-refractivity contribution in [3.63, 3.8) is 0 Å². The second-order valence-electron chi connectivity index (χ2n) is 6.08. The first-order valence-electron chi connectivity index (χ1n) is 7.96. The van der Waals surface area contributed by atoms with Crippen molar-refractivity contribution in [2.45, 2.75) is 19.3 Å². The highest BCUT2D eigenvalue weighted by Crippen LogP contribution is 2.49. The van der Waals surface area contributed by atoms with E-state index in [-0.39, 0.29) is 17.7 Å². The van der Waals surface area contributed by atoms with E-state index < -0.39 is 0 Å². The number of amidine groups is 1. The van der Waals surface area contributed by atoms with Crippen LogP contribution in [0.3, 0.4) is 0 Å². The van der Waals surface area contributed by atoms with Gasteiger partial charge in [0.15, 0.2) is 5.17 Å². The van der Waals surface area contributed by atoms with Crippen LogP contribution < -0.4 is 0 Å². The van der Waals surface area contributed by atoms with Crippen LogP contribution in [0.15, 0.2) is 46.0 Å². The number of aliphatic imine (C=N–C) groups is 1. The lowest BCUT2D eigenvalue weighted by Gasteiger charge is -2.16. The molecule has 0 radical (unpaired) electrons. The van der Waals surface area contributed by atoms with Gasteiger partial charge in [0.25, 0.3) is 0 Å². The second kappa shape index (κ2) is 6.30. The molecule has 2 heterocycles. The van der Waals surface area contributed by atoms with Gasteiger partial charge in [0.05, 0.1) is 12.0 Å². The molecule has 6 heteroatoms. The number of amides is 1. The number of carbonyl (C=O) groups excluding carboxylic acids is 1. The molecular formula is C18H17ClN2O2S. The van der Waals surface area contributed by atoms with Crippen LogP contribution >= 0.6 is 23.4 Å². The lowest BCUT2D eigenvalue weighted by atomic mass is 10.2. The van der Waals surface area contributed by atoms with E-state index in [4.69, 9.17) is 21.0 Å². The summed E-state index contributed by atoms with van der Waals surface area (Å²) in [5, 5.41) is 1.47. The van der Waals surface area contributed by atoms with E-state index >= 15 is 0 Å². The standard InChI is InChI=1S/C18H17ClN2O2S/c1-11-14(19)4-2-5-15(11)20-18-21(7-9-24-18)17(22)13-10-12(13)16-6-3-8-23-16/h2-6,8,12-13H,7,9-10H2,1H3. The lowest BCUT2D eigenvalue weighted by Crippen LogP contribution is -2.33. The molecule has 2 aliphatic rings. The van der Waals surface area contributed by atoms with Crippen LogP contribution in [0.25, 0.3) is 0 Å². The molecular weight excluding hydrogens is 344 g/mol. The van der Waals surface area contributed by atoms with Crippen molar-refractivity contribution >= 4 is 40.1 Å². The number of thioether (sulfide) groups is 1. The topological polar surface area (TPSA) is 45.8 Å². The predicted molar refractivity (Wildman–Crippen MR) is 97.0 cm³/mol. The molecule has 124 valence electrons. The molecule has 2 aromatic rings. The fraction of sp³-hybridized carbons (Fsp3) is 0.333.